The first-order chi connectivity index (χ1) is 14.3. The van der Waals surface area contributed by atoms with Crippen molar-refractivity contribution in [1.29, 1.82) is 0 Å². The normalized spacial score (nSPS) is 20.8. The Labute approximate surface area is 175 Å². The molecule has 1 aliphatic rings. The number of rotatable bonds is 11. The molecule has 0 radical (unpaired) electrons. The number of esters is 4. The molecule has 0 saturated heterocycles. The third-order valence-corrected chi connectivity index (χ3v) is 4.65. The maximum Gasteiger partial charge on any atom is 0.331 e. The Balaban J connectivity index is 2.45. The van der Waals surface area contributed by atoms with E-state index in [0.29, 0.717) is 19.3 Å². The van der Waals surface area contributed by atoms with Crippen LogP contribution in [0.15, 0.2) is 12.2 Å². The molecular weight excluding hydrogens is 400 g/mol. The Kier molecular flexibility index (Phi) is 11.7. The van der Waals surface area contributed by atoms with E-state index in [9.17, 15) is 29.4 Å². The van der Waals surface area contributed by atoms with Crippen molar-refractivity contribution >= 4 is 23.9 Å². The summed E-state index contributed by atoms with van der Waals surface area (Å²) in [6, 6.07) is 0. The summed E-state index contributed by atoms with van der Waals surface area (Å²) in [5.74, 6) is -4.13. The minimum absolute atomic E-state index is 0.123. The van der Waals surface area contributed by atoms with Gasteiger partial charge in [0, 0.05) is 12.2 Å². The van der Waals surface area contributed by atoms with Crippen LogP contribution in [-0.4, -0.2) is 73.2 Å². The fourth-order valence-electron chi connectivity index (χ4n) is 2.86. The van der Waals surface area contributed by atoms with Crippen molar-refractivity contribution in [3.8, 4) is 0 Å². The van der Waals surface area contributed by atoms with Gasteiger partial charge in [0.1, 0.15) is 25.9 Å². The van der Waals surface area contributed by atoms with Crippen molar-refractivity contribution in [1.82, 2.24) is 0 Å². The van der Waals surface area contributed by atoms with E-state index < -0.39 is 61.1 Å². The Morgan fingerprint density at radius 1 is 0.833 bits per heavy atom. The molecule has 0 heterocycles. The molecule has 4 atom stereocenters. The molecule has 0 aliphatic heterocycles. The van der Waals surface area contributed by atoms with Crippen molar-refractivity contribution in [2.24, 2.45) is 11.8 Å². The van der Waals surface area contributed by atoms with Gasteiger partial charge in [0.15, 0.2) is 0 Å². The quantitative estimate of drug-likeness (QED) is 0.266. The lowest BCUT2D eigenvalue weighted by Crippen LogP contribution is -2.37. The van der Waals surface area contributed by atoms with Crippen LogP contribution in [-0.2, 0) is 38.1 Å². The Bertz CT molecular complexity index is 615. The molecule has 0 spiro atoms. The Morgan fingerprint density at radius 2 is 1.30 bits per heavy atom. The highest BCUT2D eigenvalue weighted by atomic mass is 16.6. The van der Waals surface area contributed by atoms with E-state index in [1.807, 2.05) is 0 Å². The summed E-state index contributed by atoms with van der Waals surface area (Å²) in [6.45, 7) is 0.779. The van der Waals surface area contributed by atoms with Crippen molar-refractivity contribution < 1.29 is 48.3 Å². The van der Waals surface area contributed by atoms with Gasteiger partial charge >= 0.3 is 23.9 Å². The van der Waals surface area contributed by atoms with Gasteiger partial charge < -0.3 is 29.2 Å². The van der Waals surface area contributed by atoms with Crippen molar-refractivity contribution in [3.05, 3.63) is 12.2 Å². The highest BCUT2D eigenvalue weighted by molar-refractivity contribution is 5.91. The van der Waals surface area contributed by atoms with Gasteiger partial charge in [-0.2, -0.15) is 0 Å². The van der Waals surface area contributed by atoms with E-state index in [2.05, 4.69) is 4.74 Å². The average Bonchev–Trinajstić information content (AvgIpc) is 2.77. The Hall–Kier alpha value is -2.46. The van der Waals surface area contributed by atoms with Crippen LogP contribution in [0.5, 0.6) is 0 Å². The van der Waals surface area contributed by atoms with Crippen LogP contribution in [0.25, 0.3) is 0 Å². The molecule has 10 heteroatoms. The standard InChI is InChI=1S/C20H30O10/c1-3-13(21)10-29-19(25)15-6-4-5-7-16(15)20(26)30-12-14(22)11-28-18(24)9-8-17(23)27-2/h8-9,13-16,21-22H,3-7,10-12H2,1-2H3. The fourth-order valence-corrected chi connectivity index (χ4v) is 2.86. The van der Waals surface area contributed by atoms with Gasteiger partial charge in [0.2, 0.25) is 0 Å². The van der Waals surface area contributed by atoms with Gasteiger partial charge in [-0.25, -0.2) is 9.59 Å². The SMILES string of the molecule is CCC(O)COC(=O)C1CCCCC1C(=O)OCC(O)COC(=O)C=CC(=O)OC. The topological polar surface area (TPSA) is 146 Å². The smallest absolute Gasteiger partial charge is 0.331 e. The maximum absolute atomic E-state index is 12.4. The van der Waals surface area contributed by atoms with Crippen LogP contribution in [0, 0.1) is 11.8 Å². The average molecular weight is 430 g/mol. The molecule has 0 aromatic heterocycles. The minimum atomic E-state index is -1.27. The molecular formula is C20H30O10. The molecule has 2 N–H and O–H groups in total. The van der Waals surface area contributed by atoms with E-state index in [1.54, 1.807) is 6.92 Å². The molecule has 1 rings (SSSR count). The molecule has 1 fully saturated rings. The number of ether oxygens (including phenoxy) is 4. The van der Waals surface area contributed by atoms with Gasteiger partial charge in [-0.05, 0) is 19.3 Å². The summed E-state index contributed by atoms with van der Waals surface area (Å²) >= 11 is 0. The van der Waals surface area contributed by atoms with Crippen LogP contribution in [0.1, 0.15) is 39.0 Å². The largest absolute Gasteiger partial charge is 0.466 e. The van der Waals surface area contributed by atoms with Crippen molar-refractivity contribution in [3.63, 3.8) is 0 Å². The summed E-state index contributed by atoms with van der Waals surface area (Å²) < 4.78 is 19.2. The van der Waals surface area contributed by atoms with Gasteiger partial charge in [0.05, 0.1) is 25.0 Å². The van der Waals surface area contributed by atoms with E-state index in [-0.39, 0.29) is 6.61 Å². The fraction of sp³-hybridized carbons (Fsp3) is 0.700. The molecule has 10 nitrogen and oxygen atoms in total. The van der Waals surface area contributed by atoms with Gasteiger partial charge in [-0.1, -0.05) is 19.8 Å². The first kappa shape index (κ1) is 25.6. The molecule has 170 valence electrons. The lowest BCUT2D eigenvalue weighted by atomic mass is 9.79. The molecule has 4 unspecified atom stereocenters. The zero-order valence-electron chi connectivity index (χ0n) is 17.3. The van der Waals surface area contributed by atoms with Crippen molar-refractivity contribution in [2.45, 2.75) is 51.2 Å². The van der Waals surface area contributed by atoms with E-state index in [0.717, 1.165) is 32.1 Å². The molecule has 0 bridgehead atoms. The molecule has 30 heavy (non-hydrogen) atoms. The predicted octanol–water partition coefficient (Wildman–Crippen LogP) is 0.283. The van der Waals surface area contributed by atoms with Gasteiger partial charge in [-0.3, -0.25) is 9.59 Å². The van der Waals surface area contributed by atoms with E-state index in [1.165, 1.54) is 0 Å². The summed E-state index contributed by atoms with van der Waals surface area (Å²) in [5, 5.41) is 19.4. The molecule has 1 saturated carbocycles. The predicted molar refractivity (Wildman–Crippen MR) is 102 cm³/mol. The highest BCUT2D eigenvalue weighted by Gasteiger charge is 2.38. The number of carbonyl (C=O) groups is 4. The zero-order chi connectivity index (χ0) is 22.5. The molecule has 0 aromatic carbocycles. The maximum atomic E-state index is 12.4. The second-order valence-corrected chi connectivity index (χ2v) is 6.96. The van der Waals surface area contributed by atoms with Crippen LogP contribution < -0.4 is 0 Å². The third-order valence-electron chi connectivity index (χ3n) is 4.65. The summed E-state index contributed by atoms with van der Waals surface area (Å²) in [6.07, 6.45) is 2.62. The number of carbonyl (C=O) groups excluding carboxylic acids is 4. The van der Waals surface area contributed by atoms with Crippen LogP contribution in [0.4, 0.5) is 0 Å². The number of methoxy groups -OCH3 is 1. The molecule has 0 aromatic rings. The van der Waals surface area contributed by atoms with E-state index >= 15 is 0 Å². The molecule has 0 amide bonds. The van der Waals surface area contributed by atoms with Crippen LogP contribution in [0.3, 0.4) is 0 Å². The summed E-state index contributed by atoms with van der Waals surface area (Å²) in [7, 11) is 1.15. The first-order valence-corrected chi connectivity index (χ1v) is 9.90. The van der Waals surface area contributed by atoms with E-state index in [4.69, 9.17) is 14.2 Å². The minimum Gasteiger partial charge on any atom is -0.466 e. The zero-order valence-corrected chi connectivity index (χ0v) is 17.3. The number of hydrogen-bond donors (Lipinski definition) is 2. The highest BCUT2D eigenvalue weighted by Crippen LogP contribution is 2.32. The lowest BCUT2D eigenvalue weighted by Gasteiger charge is -2.28. The first-order valence-electron chi connectivity index (χ1n) is 9.90. The Morgan fingerprint density at radius 3 is 1.80 bits per heavy atom. The van der Waals surface area contributed by atoms with Gasteiger partial charge in [0.25, 0.3) is 0 Å². The lowest BCUT2D eigenvalue weighted by molar-refractivity contribution is -0.166. The number of aliphatic hydroxyl groups excluding tert-OH is 2. The summed E-state index contributed by atoms with van der Waals surface area (Å²) in [4.78, 5) is 47.0. The van der Waals surface area contributed by atoms with Crippen molar-refractivity contribution in [2.75, 3.05) is 26.9 Å². The molecule has 1 aliphatic carbocycles. The van der Waals surface area contributed by atoms with Crippen LogP contribution in [0.2, 0.25) is 0 Å². The number of aliphatic hydroxyl groups is 2. The monoisotopic (exact) mass is 430 g/mol. The second-order valence-electron chi connectivity index (χ2n) is 6.96. The number of hydrogen-bond acceptors (Lipinski definition) is 10. The second kappa shape index (κ2) is 13.7. The third kappa shape index (κ3) is 9.36. The summed E-state index contributed by atoms with van der Waals surface area (Å²) in [5.41, 5.74) is 0. The van der Waals surface area contributed by atoms with Crippen LogP contribution >= 0.6 is 0 Å². The van der Waals surface area contributed by atoms with Gasteiger partial charge in [-0.15, -0.1) is 0 Å².